The third kappa shape index (κ3) is 3.65. The van der Waals surface area contributed by atoms with Gasteiger partial charge in [0.15, 0.2) is 0 Å². The Morgan fingerprint density at radius 3 is 2.32 bits per heavy atom. The zero-order chi connectivity index (χ0) is 20.6. The molecule has 3 rings (SSSR count). The van der Waals surface area contributed by atoms with Crippen molar-refractivity contribution in [3.8, 4) is 11.1 Å². The molecule has 0 aliphatic rings. The second-order valence-corrected chi connectivity index (χ2v) is 7.48. The fraction of sp³-hybridized carbons (Fsp3) is 0.421. The Labute approximate surface area is 166 Å². The third-order valence-corrected chi connectivity index (χ3v) is 4.85. The number of hydrogen-bond donors (Lipinski definition) is 0. The van der Waals surface area contributed by atoms with E-state index in [9.17, 15) is 13.2 Å². The Balaban J connectivity index is 2.41. The van der Waals surface area contributed by atoms with Crippen LogP contribution in [0, 0.1) is 23.4 Å². The number of anilines is 1. The molecule has 1 aromatic carbocycles. The molecule has 0 fully saturated rings. The van der Waals surface area contributed by atoms with E-state index in [2.05, 4.69) is 15.1 Å². The molecule has 1 unspecified atom stereocenters. The predicted octanol–water partition coefficient (Wildman–Crippen LogP) is 5.12. The lowest BCUT2D eigenvalue weighted by atomic mass is 10.0. The predicted molar refractivity (Wildman–Crippen MR) is 103 cm³/mol. The number of benzene rings is 1. The first kappa shape index (κ1) is 20.4. The molecular formula is C19H21ClF3N5. The normalized spacial score (nSPS) is 12.8. The molecule has 9 heteroatoms. The lowest BCUT2D eigenvalue weighted by Gasteiger charge is -2.34. The molecule has 0 bridgehead atoms. The number of hydrogen-bond acceptors (Lipinski definition) is 4. The Morgan fingerprint density at radius 1 is 1.11 bits per heavy atom. The van der Waals surface area contributed by atoms with E-state index in [1.807, 2.05) is 32.6 Å². The van der Waals surface area contributed by atoms with Crippen LogP contribution < -0.4 is 4.90 Å². The average Bonchev–Trinajstić information content (AvgIpc) is 3.06. The van der Waals surface area contributed by atoms with Gasteiger partial charge in [0.05, 0.1) is 11.1 Å². The minimum absolute atomic E-state index is 0.0126. The molecule has 1 atom stereocenters. The maximum absolute atomic E-state index is 14.7. The second kappa shape index (κ2) is 7.95. The van der Waals surface area contributed by atoms with Gasteiger partial charge < -0.3 is 4.90 Å². The first-order chi connectivity index (χ1) is 13.2. The number of rotatable bonds is 6. The third-order valence-electron chi connectivity index (χ3n) is 4.57. The van der Waals surface area contributed by atoms with Gasteiger partial charge in [-0.3, -0.25) is 0 Å². The lowest BCUT2D eigenvalue weighted by Crippen LogP contribution is -2.38. The highest BCUT2D eigenvalue weighted by Gasteiger charge is 2.29. The van der Waals surface area contributed by atoms with Crippen LogP contribution in [-0.2, 0) is 0 Å². The van der Waals surface area contributed by atoms with E-state index >= 15 is 0 Å². The van der Waals surface area contributed by atoms with Crippen molar-refractivity contribution in [2.45, 2.75) is 40.2 Å². The summed E-state index contributed by atoms with van der Waals surface area (Å²) in [5.41, 5.74) is -0.418. The van der Waals surface area contributed by atoms with Gasteiger partial charge in [0.25, 0.3) is 5.78 Å². The summed E-state index contributed by atoms with van der Waals surface area (Å²) < 4.78 is 44.2. The highest BCUT2D eigenvalue weighted by Crippen LogP contribution is 2.40. The lowest BCUT2D eigenvalue weighted by molar-refractivity contribution is 0.530. The Hall–Kier alpha value is -2.35. The van der Waals surface area contributed by atoms with Crippen molar-refractivity contribution in [2.75, 3.05) is 11.4 Å². The van der Waals surface area contributed by atoms with Crippen LogP contribution in [-0.4, -0.2) is 32.2 Å². The van der Waals surface area contributed by atoms with Crippen molar-refractivity contribution >= 4 is 23.2 Å². The molecule has 0 N–H and O–H groups in total. The van der Waals surface area contributed by atoms with E-state index < -0.39 is 23.0 Å². The highest BCUT2D eigenvalue weighted by atomic mass is 35.5. The number of aromatic nitrogens is 4. The molecule has 28 heavy (non-hydrogen) atoms. The van der Waals surface area contributed by atoms with Crippen LogP contribution in [0.5, 0.6) is 0 Å². The molecule has 0 radical (unpaired) electrons. The van der Waals surface area contributed by atoms with Crippen LogP contribution in [0.25, 0.3) is 16.9 Å². The summed E-state index contributed by atoms with van der Waals surface area (Å²) in [6, 6.07) is 1.26. The van der Waals surface area contributed by atoms with Gasteiger partial charge in [-0.2, -0.15) is 19.6 Å². The van der Waals surface area contributed by atoms with Gasteiger partial charge in [-0.25, -0.2) is 13.2 Å². The molecule has 0 saturated heterocycles. The highest BCUT2D eigenvalue weighted by molar-refractivity contribution is 6.33. The summed E-state index contributed by atoms with van der Waals surface area (Å²) in [5.74, 6) is -2.29. The molecule has 0 aliphatic carbocycles. The van der Waals surface area contributed by atoms with Gasteiger partial charge in [-0.15, -0.1) is 0 Å². The summed E-state index contributed by atoms with van der Waals surface area (Å²) in [6.45, 7) is 8.67. The summed E-state index contributed by atoms with van der Waals surface area (Å²) in [7, 11) is 0. The Morgan fingerprint density at radius 2 is 1.75 bits per heavy atom. The van der Waals surface area contributed by atoms with Gasteiger partial charge in [-0.1, -0.05) is 32.4 Å². The van der Waals surface area contributed by atoms with Gasteiger partial charge in [0.1, 0.15) is 34.7 Å². The molecule has 150 valence electrons. The Bertz CT molecular complexity index is 982. The average molecular weight is 412 g/mol. The molecule has 5 nitrogen and oxygen atoms in total. The minimum atomic E-state index is -1.06. The maximum atomic E-state index is 14.7. The first-order valence-electron chi connectivity index (χ1n) is 9.05. The zero-order valence-corrected chi connectivity index (χ0v) is 16.8. The van der Waals surface area contributed by atoms with Crippen molar-refractivity contribution in [2.24, 2.45) is 5.92 Å². The van der Waals surface area contributed by atoms with Crippen molar-refractivity contribution in [3.63, 3.8) is 0 Å². The van der Waals surface area contributed by atoms with Crippen molar-refractivity contribution < 1.29 is 13.2 Å². The van der Waals surface area contributed by atoms with Crippen LogP contribution in [0.2, 0.25) is 5.15 Å². The van der Waals surface area contributed by atoms with Crippen LogP contribution in [0.4, 0.5) is 19.0 Å². The molecule has 2 aromatic heterocycles. The van der Waals surface area contributed by atoms with Crippen molar-refractivity contribution in [3.05, 3.63) is 41.1 Å². The van der Waals surface area contributed by atoms with E-state index in [4.69, 9.17) is 11.6 Å². The van der Waals surface area contributed by atoms with Crippen molar-refractivity contribution in [1.29, 1.82) is 0 Å². The van der Waals surface area contributed by atoms with Crippen LogP contribution in [0.1, 0.15) is 34.1 Å². The summed E-state index contributed by atoms with van der Waals surface area (Å²) >= 11 is 6.37. The fourth-order valence-electron chi connectivity index (χ4n) is 3.15. The summed E-state index contributed by atoms with van der Waals surface area (Å²) in [5, 5.41) is 4.06. The fourth-order valence-corrected chi connectivity index (χ4v) is 3.41. The van der Waals surface area contributed by atoms with Crippen LogP contribution in [0.15, 0.2) is 18.5 Å². The van der Waals surface area contributed by atoms with Gasteiger partial charge in [-0.05, 0) is 19.3 Å². The quantitative estimate of drug-likeness (QED) is 0.528. The van der Waals surface area contributed by atoms with E-state index in [1.165, 1.54) is 10.8 Å². The Kier molecular flexibility index (Phi) is 5.79. The van der Waals surface area contributed by atoms with Crippen molar-refractivity contribution in [1.82, 2.24) is 19.6 Å². The van der Waals surface area contributed by atoms with E-state index in [-0.39, 0.29) is 28.5 Å². The maximum Gasteiger partial charge on any atom is 0.255 e. The van der Waals surface area contributed by atoms with Gasteiger partial charge in [0.2, 0.25) is 0 Å². The number of halogens is 4. The molecule has 0 spiro atoms. The molecule has 0 aliphatic heterocycles. The molecule has 2 heterocycles. The van der Waals surface area contributed by atoms with E-state index in [0.29, 0.717) is 24.5 Å². The van der Waals surface area contributed by atoms with Crippen LogP contribution >= 0.6 is 11.6 Å². The smallest absolute Gasteiger partial charge is 0.255 e. The number of nitrogens with zero attached hydrogens (tertiary/aromatic N) is 5. The van der Waals surface area contributed by atoms with Crippen LogP contribution in [0.3, 0.4) is 0 Å². The van der Waals surface area contributed by atoms with E-state index in [0.717, 1.165) is 6.42 Å². The monoisotopic (exact) mass is 411 g/mol. The molecule has 0 amide bonds. The summed E-state index contributed by atoms with van der Waals surface area (Å²) in [6.07, 6.45) is 2.07. The summed E-state index contributed by atoms with van der Waals surface area (Å²) in [4.78, 5) is 10.2. The second-order valence-electron chi connectivity index (χ2n) is 7.12. The minimum Gasteiger partial charge on any atom is -0.353 e. The zero-order valence-electron chi connectivity index (χ0n) is 16.0. The largest absolute Gasteiger partial charge is 0.353 e. The molecule has 0 saturated carbocycles. The topological polar surface area (TPSA) is 46.3 Å². The van der Waals surface area contributed by atoms with Gasteiger partial charge in [0, 0.05) is 24.7 Å². The SMILES string of the molecule is CCC(C)N(CC(C)C)c1c(-c2c(F)cc(F)cc2F)c(Cl)nc2ncnn12. The number of fused-ring (bicyclic) bond motifs is 1. The first-order valence-corrected chi connectivity index (χ1v) is 9.43. The molecule has 3 aromatic rings. The van der Waals surface area contributed by atoms with E-state index in [1.54, 1.807) is 0 Å². The standard InChI is InChI=1S/C19H21ClF3N5/c1-5-11(4)27(8-10(2)3)18-16(15-13(22)6-12(21)7-14(15)23)17(20)26-19-24-9-25-28(18)19/h6-7,9-11H,5,8H2,1-4H3. The molecular weight excluding hydrogens is 391 g/mol. The van der Waals surface area contributed by atoms with Gasteiger partial charge >= 0.3 is 0 Å².